The molecule has 2 heterocycles. The van der Waals surface area contributed by atoms with Crippen LogP contribution >= 0.6 is 0 Å². The lowest BCUT2D eigenvalue weighted by Crippen LogP contribution is -2.45. The second-order valence-corrected chi connectivity index (χ2v) is 5.38. The van der Waals surface area contributed by atoms with Crippen LogP contribution in [0.25, 0.3) is 0 Å². The third-order valence-electron chi connectivity index (χ3n) is 3.59. The van der Waals surface area contributed by atoms with Crippen molar-refractivity contribution in [1.82, 2.24) is 10.2 Å². The highest BCUT2D eigenvalue weighted by molar-refractivity contribution is 5.79. The lowest BCUT2D eigenvalue weighted by atomic mass is 9.91. The summed E-state index contributed by atoms with van der Waals surface area (Å²) in [6, 6.07) is 0. The molecule has 0 radical (unpaired) electrons. The molecule has 0 aliphatic carbocycles. The molecule has 0 bridgehead atoms. The standard InChI is InChI=1S/C12H22N2O/c1-9-5-10(2)8-14(7-9)12(15)11-3-4-13-6-11/h9-11,13H,3-8H2,1-2H3/t9-,10-,11+/m1/s1. The van der Waals surface area contributed by atoms with Crippen LogP contribution in [0.3, 0.4) is 0 Å². The summed E-state index contributed by atoms with van der Waals surface area (Å²) in [5.74, 6) is 1.99. The van der Waals surface area contributed by atoms with Gasteiger partial charge in [0.1, 0.15) is 0 Å². The number of amides is 1. The number of hydrogen-bond donors (Lipinski definition) is 1. The number of nitrogens with one attached hydrogen (secondary N) is 1. The predicted octanol–water partition coefficient (Wildman–Crippen LogP) is 1.10. The van der Waals surface area contributed by atoms with E-state index < -0.39 is 0 Å². The number of rotatable bonds is 1. The van der Waals surface area contributed by atoms with E-state index in [0.717, 1.165) is 32.6 Å². The Labute approximate surface area is 92.2 Å². The molecule has 0 aromatic rings. The zero-order chi connectivity index (χ0) is 10.8. The molecule has 0 saturated carbocycles. The Morgan fingerprint density at radius 1 is 1.27 bits per heavy atom. The maximum absolute atomic E-state index is 12.2. The Hall–Kier alpha value is -0.570. The fourth-order valence-electron chi connectivity index (χ4n) is 2.97. The lowest BCUT2D eigenvalue weighted by Gasteiger charge is -2.36. The Balaban J connectivity index is 1.93. The summed E-state index contributed by atoms with van der Waals surface area (Å²) in [5, 5.41) is 3.27. The molecule has 1 N–H and O–H groups in total. The van der Waals surface area contributed by atoms with E-state index in [0.29, 0.717) is 17.7 Å². The number of piperidine rings is 1. The van der Waals surface area contributed by atoms with Gasteiger partial charge in [0.15, 0.2) is 0 Å². The minimum atomic E-state index is 0.252. The van der Waals surface area contributed by atoms with Gasteiger partial charge < -0.3 is 10.2 Å². The molecule has 2 aliphatic heterocycles. The van der Waals surface area contributed by atoms with Crippen molar-refractivity contribution < 1.29 is 4.79 Å². The maximum atomic E-state index is 12.2. The zero-order valence-electron chi connectivity index (χ0n) is 9.83. The first-order valence-electron chi connectivity index (χ1n) is 6.16. The predicted molar refractivity (Wildman–Crippen MR) is 60.5 cm³/mol. The molecule has 1 amide bonds. The third kappa shape index (κ3) is 2.51. The summed E-state index contributed by atoms with van der Waals surface area (Å²) >= 11 is 0. The zero-order valence-corrected chi connectivity index (χ0v) is 9.83. The number of carbonyl (C=O) groups is 1. The number of hydrogen-bond acceptors (Lipinski definition) is 2. The number of carbonyl (C=O) groups excluding carboxylic acids is 1. The quantitative estimate of drug-likeness (QED) is 0.703. The van der Waals surface area contributed by atoms with E-state index in [9.17, 15) is 4.79 Å². The van der Waals surface area contributed by atoms with Gasteiger partial charge in [-0.05, 0) is 31.2 Å². The van der Waals surface area contributed by atoms with E-state index in [2.05, 4.69) is 24.1 Å². The van der Waals surface area contributed by atoms with Crippen LogP contribution in [0.5, 0.6) is 0 Å². The van der Waals surface area contributed by atoms with Crippen LogP contribution in [0.1, 0.15) is 26.7 Å². The first-order chi connectivity index (χ1) is 7.16. The van der Waals surface area contributed by atoms with Crippen LogP contribution in [0.15, 0.2) is 0 Å². The second kappa shape index (κ2) is 4.52. The van der Waals surface area contributed by atoms with E-state index >= 15 is 0 Å². The normalized spacial score (nSPS) is 36.9. The molecule has 3 nitrogen and oxygen atoms in total. The largest absolute Gasteiger partial charge is 0.342 e. The molecular weight excluding hydrogens is 188 g/mol. The summed E-state index contributed by atoms with van der Waals surface area (Å²) in [6.45, 7) is 8.35. The monoisotopic (exact) mass is 210 g/mol. The van der Waals surface area contributed by atoms with Gasteiger partial charge in [-0.25, -0.2) is 0 Å². The van der Waals surface area contributed by atoms with Gasteiger partial charge >= 0.3 is 0 Å². The van der Waals surface area contributed by atoms with E-state index in [1.165, 1.54) is 6.42 Å². The Morgan fingerprint density at radius 3 is 2.47 bits per heavy atom. The van der Waals surface area contributed by atoms with Crippen molar-refractivity contribution in [3.63, 3.8) is 0 Å². The lowest BCUT2D eigenvalue weighted by molar-refractivity contribution is -0.137. The molecule has 0 aromatic carbocycles. The third-order valence-corrected chi connectivity index (χ3v) is 3.59. The van der Waals surface area contributed by atoms with Crippen LogP contribution in [0.4, 0.5) is 0 Å². The molecule has 2 rings (SSSR count). The maximum Gasteiger partial charge on any atom is 0.227 e. The van der Waals surface area contributed by atoms with E-state index in [1.54, 1.807) is 0 Å². The topological polar surface area (TPSA) is 32.3 Å². The van der Waals surface area contributed by atoms with E-state index in [4.69, 9.17) is 0 Å². The van der Waals surface area contributed by atoms with Crippen LogP contribution in [0, 0.1) is 17.8 Å². The Kier molecular flexibility index (Phi) is 3.29. The molecule has 0 spiro atoms. The molecule has 2 fully saturated rings. The van der Waals surface area contributed by atoms with Crippen molar-refractivity contribution >= 4 is 5.91 Å². The van der Waals surface area contributed by atoms with Crippen molar-refractivity contribution in [3.05, 3.63) is 0 Å². The molecule has 3 atom stereocenters. The van der Waals surface area contributed by atoms with Gasteiger partial charge in [0.05, 0.1) is 5.92 Å². The molecule has 2 saturated heterocycles. The van der Waals surface area contributed by atoms with Crippen LogP contribution in [-0.4, -0.2) is 37.0 Å². The van der Waals surface area contributed by atoms with Gasteiger partial charge in [-0.3, -0.25) is 4.79 Å². The van der Waals surface area contributed by atoms with Gasteiger partial charge in [-0.2, -0.15) is 0 Å². The molecule has 86 valence electrons. The minimum Gasteiger partial charge on any atom is -0.342 e. The Bertz CT molecular complexity index is 226. The van der Waals surface area contributed by atoms with E-state index in [1.807, 2.05) is 0 Å². The van der Waals surface area contributed by atoms with Gasteiger partial charge in [-0.15, -0.1) is 0 Å². The van der Waals surface area contributed by atoms with Crippen LogP contribution in [0.2, 0.25) is 0 Å². The molecule has 15 heavy (non-hydrogen) atoms. The highest BCUT2D eigenvalue weighted by Crippen LogP contribution is 2.23. The van der Waals surface area contributed by atoms with Gasteiger partial charge in [0, 0.05) is 19.6 Å². The minimum absolute atomic E-state index is 0.252. The molecule has 2 aliphatic rings. The molecule has 3 heteroatoms. The van der Waals surface area contributed by atoms with Crippen molar-refractivity contribution in [3.8, 4) is 0 Å². The van der Waals surface area contributed by atoms with Crippen LogP contribution < -0.4 is 5.32 Å². The second-order valence-electron chi connectivity index (χ2n) is 5.38. The van der Waals surface area contributed by atoms with E-state index in [-0.39, 0.29) is 5.92 Å². The fraction of sp³-hybridized carbons (Fsp3) is 0.917. The Morgan fingerprint density at radius 2 is 1.93 bits per heavy atom. The average molecular weight is 210 g/mol. The van der Waals surface area contributed by atoms with Gasteiger partial charge in [0.25, 0.3) is 0 Å². The van der Waals surface area contributed by atoms with Crippen molar-refractivity contribution in [1.29, 1.82) is 0 Å². The van der Waals surface area contributed by atoms with Crippen molar-refractivity contribution in [2.45, 2.75) is 26.7 Å². The molecule has 0 unspecified atom stereocenters. The molecule has 0 aromatic heterocycles. The summed E-state index contributed by atoms with van der Waals surface area (Å²) in [6.07, 6.45) is 2.30. The summed E-state index contributed by atoms with van der Waals surface area (Å²) in [5.41, 5.74) is 0. The van der Waals surface area contributed by atoms with Gasteiger partial charge in [-0.1, -0.05) is 13.8 Å². The van der Waals surface area contributed by atoms with Crippen molar-refractivity contribution in [2.24, 2.45) is 17.8 Å². The fourth-order valence-corrected chi connectivity index (χ4v) is 2.97. The summed E-state index contributed by atoms with van der Waals surface area (Å²) in [4.78, 5) is 14.3. The first-order valence-corrected chi connectivity index (χ1v) is 6.16. The highest BCUT2D eigenvalue weighted by Gasteiger charge is 2.31. The molecular formula is C12H22N2O. The van der Waals surface area contributed by atoms with Crippen molar-refractivity contribution in [2.75, 3.05) is 26.2 Å². The summed E-state index contributed by atoms with van der Waals surface area (Å²) < 4.78 is 0. The SMILES string of the molecule is C[C@@H]1C[C@@H](C)CN(C(=O)[C@H]2CCNC2)C1. The average Bonchev–Trinajstić information content (AvgIpc) is 2.67. The number of likely N-dealkylation sites (tertiary alicyclic amines) is 1. The smallest absolute Gasteiger partial charge is 0.227 e. The number of nitrogens with zero attached hydrogens (tertiary/aromatic N) is 1. The summed E-state index contributed by atoms with van der Waals surface area (Å²) in [7, 11) is 0. The highest BCUT2D eigenvalue weighted by atomic mass is 16.2. The van der Waals surface area contributed by atoms with Crippen LogP contribution in [-0.2, 0) is 4.79 Å². The van der Waals surface area contributed by atoms with Gasteiger partial charge in [0.2, 0.25) is 5.91 Å². The first kappa shape index (κ1) is 10.9.